The number of ether oxygens (including phenoxy) is 2. The maximum Gasteiger partial charge on any atom is 0.306 e. The van der Waals surface area contributed by atoms with E-state index in [0.29, 0.717) is 25.4 Å². The average Bonchev–Trinajstić information content (AvgIpc) is 2.79. The molecule has 0 radical (unpaired) electrons. The van der Waals surface area contributed by atoms with Crippen molar-refractivity contribution in [3.63, 3.8) is 0 Å². The van der Waals surface area contributed by atoms with Crippen molar-refractivity contribution in [3.8, 4) is 0 Å². The van der Waals surface area contributed by atoms with Gasteiger partial charge in [0.1, 0.15) is 6.10 Å². The molecule has 4 heteroatoms. The molecule has 0 amide bonds. The molecule has 2 rings (SSSR count). The van der Waals surface area contributed by atoms with Crippen LogP contribution < -0.4 is 0 Å². The first-order chi connectivity index (χ1) is 15.2. The van der Waals surface area contributed by atoms with Gasteiger partial charge in [0.25, 0.3) is 0 Å². The van der Waals surface area contributed by atoms with E-state index in [9.17, 15) is 9.59 Å². The molecular formula is C27H42O4. The molecule has 1 aromatic rings. The molecule has 0 N–H and O–H groups in total. The molecule has 1 saturated carbocycles. The molecule has 0 atom stereocenters. The number of esters is 2. The van der Waals surface area contributed by atoms with E-state index in [1.165, 1.54) is 24.8 Å². The van der Waals surface area contributed by atoms with Crippen molar-refractivity contribution in [1.29, 1.82) is 0 Å². The normalized spacial score (nSPS) is 18.5. The Morgan fingerprint density at radius 3 is 2.16 bits per heavy atom. The molecule has 174 valence electrons. The predicted octanol–water partition coefficient (Wildman–Crippen LogP) is 6.80. The second-order valence-electron chi connectivity index (χ2n) is 9.03. The van der Waals surface area contributed by atoms with E-state index >= 15 is 0 Å². The third kappa shape index (κ3) is 11.9. The molecule has 0 bridgehead atoms. The molecule has 31 heavy (non-hydrogen) atoms. The van der Waals surface area contributed by atoms with E-state index in [0.717, 1.165) is 64.2 Å². The zero-order chi connectivity index (χ0) is 22.2. The fourth-order valence-electron chi connectivity index (χ4n) is 4.24. The summed E-state index contributed by atoms with van der Waals surface area (Å²) in [5.74, 6) is 0.298. The third-order valence-corrected chi connectivity index (χ3v) is 6.25. The smallest absolute Gasteiger partial charge is 0.306 e. The maximum atomic E-state index is 12.1. The summed E-state index contributed by atoms with van der Waals surface area (Å²) in [7, 11) is 0. The third-order valence-electron chi connectivity index (χ3n) is 6.25. The molecule has 4 nitrogen and oxygen atoms in total. The standard InChI is InChI=1S/C27H42O4/c1-2-3-4-5-11-16-26(28)30-22-24-18-20-25(21-19-24)31-27(29)17-12-7-10-15-23-13-8-6-9-14-23/h6,8-9,13-14,24-25H,2-5,7,10-12,15-22H2,1H3. The van der Waals surface area contributed by atoms with E-state index in [-0.39, 0.29) is 18.0 Å². The molecule has 0 saturated heterocycles. The molecule has 1 aliphatic carbocycles. The van der Waals surface area contributed by atoms with E-state index < -0.39 is 0 Å². The second-order valence-corrected chi connectivity index (χ2v) is 9.03. The quantitative estimate of drug-likeness (QED) is 0.227. The lowest BCUT2D eigenvalue weighted by atomic mass is 9.88. The van der Waals surface area contributed by atoms with Gasteiger partial charge in [0, 0.05) is 12.8 Å². The summed E-state index contributed by atoms with van der Waals surface area (Å²) in [4.78, 5) is 24.0. The van der Waals surface area contributed by atoms with Crippen LogP contribution in [0.2, 0.25) is 0 Å². The van der Waals surface area contributed by atoms with Crippen LogP contribution in [-0.2, 0) is 25.5 Å². The van der Waals surface area contributed by atoms with Crippen LogP contribution >= 0.6 is 0 Å². The van der Waals surface area contributed by atoms with Gasteiger partial charge in [-0.25, -0.2) is 0 Å². The molecule has 1 aliphatic rings. The Hall–Kier alpha value is -1.84. The number of aryl methyl sites for hydroxylation is 1. The van der Waals surface area contributed by atoms with Gasteiger partial charge < -0.3 is 9.47 Å². The second kappa shape index (κ2) is 15.9. The summed E-state index contributed by atoms with van der Waals surface area (Å²) >= 11 is 0. The zero-order valence-electron chi connectivity index (χ0n) is 19.5. The molecule has 0 unspecified atom stereocenters. The lowest BCUT2D eigenvalue weighted by Crippen LogP contribution is -2.27. The molecule has 1 aromatic carbocycles. The first kappa shape index (κ1) is 25.4. The van der Waals surface area contributed by atoms with Crippen molar-refractivity contribution in [2.24, 2.45) is 5.92 Å². The minimum absolute atomic E-state index is 0.0438. The van der Waals surface area contributed by atoms with Crippen LogP contribution in [0, 0.1) is 5.92 Å². The minimum Gasteiger partial charge on any atom is -0.465 e. The highest BCUT2D eigenvalue weighted by atomic mass is 16.5. The van der Waals surface area contributed by atoms with E-state index in [1.54, 1.807) is 0 Å². The molecule has 0 aromatic heterocycles. The van der Waals surface area contributed by atoms with E-state index in [4.69, 9.17) is 9.47 Å². The van der Waals surface area contributed by atoms with Crippen molar-refractivity contribution >= 4 is 11.9 Å². The van der Waals surface area contributed by atoms with Gasteiger partial charge in [0.05, 0.1) is 6.61 Å². The maximum absolute atomic E-state index is 12.1. The highest BCUT2D eigenvalue weighted by Gasteiger charge is 2.24. The van der Waals surface area contributed by atoms with Gasteiger partial charge in [-0.1, -0.05) is 69.4 Å². The number of carbonyl (C=O) groups is 2. The van der Waals surface area contributed by atoms with Crippen molar-refractivity contribution in [3.05, 3.63) is 35.9 Å². The number of benzene rings is 1. The predicted molar refractivity (Wildman–Crippen MR) is 125 cm³/mol. The van der Waals surface area contributed by atoms with Crippen LogP contribution in [0.25, 0.3) is 0 Å². The van der Waals surface area contributed by atoms with Gasteiger partial charge >= 0.3 is 11.9 Å². The fourth-order valence-corrected chi connectivity index (χ4v) is 4.24. The van der Waals surface area contributed by atoms with Crippen molar-refractivity contribution in [2.45, 2.75) is 109 Å². The summed E-state index contributed by atoms with van der Waals surface area (Å²) in [6.45, 7) is 2.72. The van der Waals surface area contributed by atoms with Gasteiger partial charge in [0.15, 0.2) is 0 Å². The molecule has 0 aliphatic heterocycles. The Kier molecular flexibility index (Phi) is 13.0. The average molecular weight is 431 g/mol. The van der Waals surface area contributed by atoms with Gasteiger partial charge in [0.2, 0.25) is 0 Å². The summed E-state index contributed by atoms with van der Waals surface area (Å²) in [5.41, 5.74) is 1.36. The SMILES string of the molecule is CCCCCCCC(=O)OCC1CCC(OC(=O)CCCCCc2ccccc2)CC1. The number of hydrogen-bond acceptors (Lipinski definition) is 4. The van der Waals surface area contributed by atoms with Crippen LogP contribution in [0.1, 0.15) is 102 Å². The first-order valence-electron chi connectivity index (χ1n) is 12.6. The Bertz CT molecular complexity index is 605. The fraction of sp³-hybridized carbons (Fsp3) is 0.704. The highest BCUT2D eigenvalue weighted by molar-refractivity contribution is 5.69. The van der Waals surface area contributed by atoms with Crippen LogP contribution in [0.3, 0.4) is 0 Å². The molecule has 0 spiro atoms. The summed E-state index contributed by atoms with van der Waals surface area (Å²) in [6.07, 6.45) is 14.7. The van der Waals surface area contributed by atoms with Crippen LogP contribution in [0.15, 0.2) is 30.3 Å². The Balaban J connectivity index is 1.45. The Morgan fingerprint density at radius 2 is 1.45 bits per heavy atom. The summed E-state index contributed by atoms with van der Waals surface area (Å²) < 4.78 is 11.1. The van der Waals surface area contributed by atoms with E-state index in [1.807, 2.05) is 6.07 Å². The zero-order valence-corrected chi connectivity index (χ0v) is 19.5. The lowest BCUT2D eigenvalue weighted by molar-refractivity contribution is -0.151. The first-order valence-corrected chi connectivity index (χ1v) is 12.6. The molecule has 0 heterocycles. The van der Waals surface area contributed by atoms with Gasteiger partial charge in [-0.05, 0) is 62.8 Å². The van der Waals surface area contributed by atoms with Gasteiger partial charge in [-0.2, -0.15) is 0 Å². The van der Waals surface area contributed by atoms with Gasteiger partial charge in [-0.3, -0.25) is 9.59 Å². The number of rotatable bonds is 15. The number of unbranched alkanes of at least 4 members (excludes halogenated alkanes) is 6. The largest absolute Gasteiger partial charge is 0.465 e. The van der Waals surface area contributed by atoms with E-state index in [2.05, 4.69) is 31.2 Å². The summed E-state index contributed by atoms with van der Waals surface area (Å²) in [6, 6.07) is 10.5. The van der Waals surface area contributed by atoms with Crippen LogP contribution in [-0.4, -0.2) is 24.6 Å². The minimum atomic E-state index is -0.0580. The van der Waals surface area contributed by atoms with Crippen molar-refractivity contribution < 1.29 is 19.1 Å². The summed E-state index contributed by atoms with van der Waals surface area (Å²) in [5, 5.41) is 0. The van der Waals surface area contributed by atoms with Gasteiger partial charge in [-0.15, -0.1) is 0 Å². The molecular weight excluding hydrogens is 388 g/mol. The molecule has 1 fully saturated rings. The topological polar surface area (TPSA) is 52.6 Å². The van der Waals surface area contributed by atoms with Crippen LogP contribution in [0.5, 0.6) is 0 Å². The van der Waals surface area contributed by atoms with Crippen molar-refractivity contribution in [1.82, 2.24) is 0 Å². The highest BCUT2D eigenvalue weighted by Crippen LogP contribution is 2.27. The Labute approximate surface area is 189 Å². The van der Waals surface area contributed by atoms with Crippen molar-refractivity contribution in [2.75, 3.05) is 6.61 Å². The monoisotopic (exact) mass is 430 g/mol. The Morgan fingerprint density at radius 1 is 0.806 bits per heavy atom. The lowest BCUT2D eigenvalue weighted by Gasteiger charge is -2.28. The van der Waals surface area contributed by atoms with Crippen LogP contribution in [0.4, 0.5) is 0 Å². The number of hydrogen-bond donors (Lipinski definition) is 0. The number of carbonyl (C=O) groups excluding carboxylic acids is 2.